The van der Waals surface area contributed by atoms with Crippen LogP contribution in [0.25, 0.3) is 33.4 Å². The Kier molecular flexibility index (Phi) is 8.45. The second-order valence-corrected chi connectivity index (χ2v) is 18.7. The molecular weight excluding hydrogens is 795 g/mol. The Balaban J connectivity index is 1.12. The number of hydrogen-bond donors (Lipinski definition) is 0. The highest BCUT2D eigenvalue weighted by molar-refractivity contribution is 5.95. The average Bonchev–Trinajstić information content (AvgIpc) is 3.85. The van der Waals surface area contributed by atoms with Crippen molar-refractivity contribution in [3.8, 4) is 33.4 Å². The average molecular weight is 842 g/mol. The lowest BCUT2D eigenvalue weighted by molar-refractivity contribution is 0.563. The second kappa shape index (κ2) is 14.5. The molecule has 0 amide bonds. The fourth-order valence-corrected chi connectivity index (χ4v) is 12.5. The second-order valence-electron chi connectivity index (χ2n) is 18.7. The molecule has 10 aromatic carbocycles. The van der Waals surface area contributed by atoms with Crippen molar-refractivity contribution in [1.29, 1.82) is 0 Å². The smallest absolute Gasteiger partial charge is 0.0720 e. The molecule has 0 saturated carbocycles. The summed E-state index contributed by atoms with van der Waals surface area (Å²) in [6, 6.07) is 93.3. The molecule has 66 heavy (non-hydrogen) atoms. The molecule has 0 atom stereocenters. The SMILES string of the molecule is CC1(C)c2ccccc2C2(c3ccccc3-c3ccc(N(c4ccc5c(c4)C(c4ccccc4)(c4ccccc4)c4ccccc4-5)c4ccccc4-c4ccccc4)cc32)c2ccccc21. The normalized spacial score (nSPS) is 14.9. The number of hydrogen-bond acceptors (Lipinski definition) is 1. The monoisotopic (exact) mass is 841 g/mol. The highest BCUT2D eigenvalue weighted by Gasteiger charge is 2.53. The van der Waals surface area contributed by atoms with Crippen molar-refractivity contribution in [1.82, 2.24) is 0 Å². The Bertz CT molecular complexity index is 3420. The molecule has 3 aliphatic carbocycles. The summed E-state index contributed by atoms with van der Waals surface area (Å²) in [5.41, 5.74) is 22.8. The van der Waals surface area contributed by atoms with E-state index in [1.54, 1.807) is 0 Å². The van der Waals surface area contributed by atoms with Crippen LogP contribution in [0.1, 0.15) is 69.5 Å². The lowest BCUT2D eigenvalue weighted by atomic mass is 9.55. The van der Waals surface area contributed by atoms with Gasteiger partial charge in [0.15, 0.2) is 0 Å². The van der Waals surface area contributed by atoms with Crippen molar-refractivity contribution in [2.45, 2.75) is 30.1 Å². The van der Waals surface area contributed by atoms with Gasteiger partial charge in [-0.2, -0.15) is 0 Å². The summed E-state index contributed by atoms with van der Waals surface area (Å²) in [4.78, 5) is 2.54. The van der Waals surface area contributed by atoms with E-state index >= 15 is 0 Å². The molecule has 1 spiro atoms. The van der Waals surface area contributed by atoms with E-state index in [1.165, 1.54) is 89.0 Å². The summed E-state index contributed by atoms with van der Waals surface area (Å²) >= 11 is 0. The molecule has 312 valence electrons. The van der Waals surface area contributed by atoms with Crippen LogP contribution in [-0.4, -0.2) is 0 Å². The van der Waals surface area contributed by atoms with Gasteiger partial charge in [0.2, 0.25) is 0 Å². The standard InChI is InChI=1S/C65H47N/c1-63(2)56-33-17-19-35-58(56)65(59-36-20-18-34-57(59)63)55-32-16-13-30-51(55)53-41-39-48(43-61(53)65)66(62-37-21-14-28-49(62)44-22-6-3-7-23-44)47-38-40-52-50-29-12-15-31-54(50)64(60(52)42-47,45-24-8-4-9-25-45)46-26-10-5-11-27-46/h3-43H,1-2H3. The highest BCUT2D eigenvalue weighted by atomic mass is 15.1. The first-order chi connectivity index (χ1) is 32.5. The quantitative estimate of drug-likeness (QED) is 0.161. The molecule has 13 rings (SSSR count). The largest absolute Gasteiger partial charge is 0.310 e. The summed E-state index contributed by atoms with van der Waals surface area (Å²) in [5.74, 6) is 0. The molecule has 0 unspecified atom stereocenters. The number of para-hydroxylation sites is 1. The van der Waals surface area contributed by atoms with E-state index in [4.69, 9.17) is 0 Å². The lowest BCUT2D eigenvalue weighted by Crippen LogP contribution is -2.40. The van der Waals surface area contributed by atoms with Crippen LogP contribution in [0.5, 0.6) is 0 Å². The van der Waals surface area contributed by atoms with E-state index in [0.717, 1.165) is 17.1 Å². The van der Waals surface area contributed by atoms with E-state index in [9.17, 15) is 0 Å². The number of anilines is 3. The zero-order chi connectivity index (χ0) is 44.0. The lowest BCUT2D eigenvalue weighted by Gasteiger charge is -2.46. The van der Waals surface area contributed by atoms with E-state index in [-0.39, 0.29) is 5.41 Å². The van der Waals surface area contributed by atoms with Crippen molar-refractivity contribution in [2.75, 3.05) is 4.90 Å². The van der Waals surface area contributed by atoms with Gasteiger partial charge in [0.25, 0.3) is 0 Å². The van der Waals surface area contributed by atoms with Crippen molar-refractivity contribution >= 4 is 17.1 Å². The van der Waals surface area contributed by atoms with Gasteiger partial charge in [0.05, 0.1) is 16.5 Å². The van der Waals surface area contributed by atoms with Gasteiger partial charge >= 0.3 is 0 Å². The van der Waals surface area contributed by atoms with Gasteiger partial charge in [-0.15, -0.1) is 0 Å². The molecule has 10 aromatic rings. The van der Waals surface area contributed by atoms with Crippen LogP contribution in [0.15, 0.2) is 249 Å². The first-order valence-corrected chi connectivity index (χ1v) is 23.3. The zero-order valence-corrected chi connectivity index (χ0v) is 37.1. The third-order valence-electron chi connectivity index (χ3n) is 15.2. The number of benzene rings is 10. The van der Waals surface area contributed by atoms with Crippen LogP contribution in [0.2, 0.25) is 0 Å². The Morgan fingerprint density at radius 2 is 0.636 bits per heavy atom. The third-order valence-corrected chi connectivity index (χ3v) is 15.2. The Labute approximate surface area is 388 Å². The first kappa shape index (κ1) is 38.5. The minimum Gasteiger partial charge on any atom is -0.310 e. The topological polar surface area (TPSA) is 3.24 Å². The van der Waals surface area contributed by atoms with Crippen LogP contribution in [0.3, 0.4) is 0 Å². The molecule has 0 bridgehead atoms. The maximum absolute atomic E-state index is 2.54. The molecule has 3 aliphatic rings. The summed E-state index contributed by atoms with van der Waals surface area (Å²) < 4.78 is 0. The third kappa shape index (κ3) is 5.17. The minimum atomic E-state index is -0.541. The summed E-state index contributed by atoms with van der Waals surface area (Å²) in [6.45, 7) is 4.80. The van der Waals surface area contributed by atoms with Crippen LogP contribution in [0, 0.1) is 0 Å². The molecule has 0 saturated heterocycles. The van der Waals surface area contributed by atoms with Crippen LogP contribution in [0.4, 0.5) is 17.1 Å². The maximum Gasteiger partial charge on any atom is 0.0720 e. The van der Waals surface area contributed by atoms with Crippen LogP contribution in [-0.2, 0) is 16.2 Å². The van der Waals surface area contributed by atoms with Crippen LogP contribution >= 0.6 is 0 Å². The Hall–Kier alpha value is -8.00. The first-order valence-electron chi connectivity index (χ1n) is 23.3. The van der Waals surface area contributed by atoms with Crippen molar-refractivity contribution in [2.24, 2.45) is 0 Å². The molecule has 0 aliphatic heterocycles. The van der Waals surface area contributed by atoms with Gasteiger partial charge < -0.3 is 4.90 Å². The number of nitrogens with zero attached hydrogens (tertiary/aromatic N) is 1. The molecular formula is C65H47N. The predicted molar refractivity (Wildman–Crippen MR) is 273 cm³/mol. The van der Waals surface area contributed by atoms with Crippen LogP contribution < -0.4 is 4.90 Å². The van der Waals surface area contributed by atoms with Crippen molar-refractivity contribution in [3.05, 3.63) is 304 Å². The molecule has 0 N–H and O–H groups in total. The van der Waals surface area contributed by atoms with E-state index in [0.29, 0.717) is 0 Å². The zero-order valence-electron chi connectivity index (χ0n) is 37.1. The minimum absolute atomic E-state index is 0.180. The van der Waals surface area contributed by atoms with Crippen molar-refractivity contribution in [3.63, 3.8) is 0 Å². The molecule has 0 radical (unpaired) electrons. The van der Waals surface area contributed by atoms with E-state index in [1.807, 2.05) is 0 Å². The van der Waals surface area contributed by atoms with Gasteiger partial charge in [-0.3, -0.25) is 0 Å². The fraction of sp³-hybridized carbons (Fsp3) is 0.0769. The molecule has 0 fully saturated rings. The Morgan fingerprint density at radius 1 is 0.273 bits per heavy atom. The number of rotatable bonds is 6. The molecule has 1 nitrogen and oxygen atoms in total. The predicted octanol–water partition coefficient (Wildman–Crippen LogP) is 16.2. The molecule has 0 heterocycles. The number of fused-ring (bicyclic) bond motifs is 12. The van der Waals surface area contributed by atoms with Crippen molar-refractivity contribution < 1.29 is 0 Å². The van der Waals surface area contributed by atoms with Gasteiger partial charge in [0.1, 0.15) is 0 Å². The summed E-state index contributed by atoms with van der Waals surface area (Å²) in [6.07, 6.45) is 0. The summed E-state index contributed by atoms with van der Waals surface area (Å²) in [5, 5.41) is 0. The fourth-order valence-electron chi connectivity index (χ4n) is 12.5. The Morgan fingerprint density at radius 3 is 1.15 bits per heavy atom. The van der Waals surface area contributed by atoms with Gasteiger partial charge in [-0.25, -0.2) is 0 Å². The van der Waals surface area contributed by atoms with E-state index in [2.05, 4.69) is 267 Å². The van der Waals surface area contributed by atoms with E-state index < -0.39 is 10.8 Å². The van der Waals surface area contributed by atoms with Gasteiger partial charge in [-0.05, 0) is 114 Å². The maximum atomic E-state index is 2.54. The highest BCUT2D eigenvalue weighted by Crippen LogP contribution is 2.63. The summed E-state index contributed by atoms with van der Waals surface area (Å²) in [7, 11) is 0. The molecule has 0 aromatic heterocycles. The van der Waals surface area contributed by atoms with Gasteiger partial charge in [-0.1, -0.05) is 232 Å². The molecule has 1 heteroatoms. The van der Waals surface area contributed by atoms with Gasteiger partial charge in [0, 0.05) is 22.4 Å².